The van der Waals surface area contributed by atoms with Crippen molar-refractivity contribution in [3.8, 4) is 11.5 Å². The lowest BCUT2D eigenvalue weighted by atomic mass is 10.0. The first kappa shape index (κ1) is 17.5. The number of para-hydroxylation sites is 2. The van der Waals surface area contributed by atoms with Gasteiger partial charge in [-0.15, -0.1) is 0 Å². The van der Waals surface area contributed by atoms with Crippen LogP contribution in [0.1, 0.15) is 68.6 Å². The second-order valence-corrected chi connectivity index (χ2v) is 6.73. The van der Waals surface area contributed by atoms with Crippen molar-refractivity contribution < 1.29 is 9.53 Å². The van der Waals surface area contributed by atoms with Crippen LogP contribution in [0.25, 0.3) is 0 Å². The van der Waals surface area contributed by atoms with Gasteiger partial charge in [-0.25, -0.2) is 0 Å². The molecule has 0 saturated heterocycles. The second-order valence-electron chi connectivity index (χ2n) is 6.73. The van der Waals surface area contributed by atoms with Gasteiger partial charge in [-0.3, -0.25) is 4.79 Å². The fourth-order valence-corrected chi connectivity index (χ4v) is 3.20. The smallest absolute Gasteiger partial charge is 0.162 e. The zero-order valence-electron chi connectivity index (χ0n) is 15.0. The van der Waals surface area contributed by atoms with Gasteiger partial charge < -0.3 is 10.1 Å². The Kier molecular flexibility index (Phi) is 6.10. The van der Waals surface area contributed by atoms with Crippen molar-refractivity contribution >= 4 is 17.2 Å². The minimum absolute atomic E-state index is 0.219. The van der Waals surface area contributed by atoms with Gasteiger partial charge in [0.25, 0.3) is 0 Å². The highest BCUT2D eigenvalue weighted by Crippen LogP contribution is 2.41. The highest BCUT2D eigenvalue weighted by atomic mass is 16.5. The average Bonchev–Trinajstić information content (AvgIpc) is 2.65. The second kappa shape index (κ2) is 8.70. The van der Waals surface area contributed by atoms with E-state index in [9.17, 15) is 4.79 Å². The molecule has 132 valence electrons. The Bertz CT molecular complexity index is 724. The largest absolute Gasteiger partial charge is 0.453 e. The van der Waals surface area contributed by atoms with Crippen molar-refractivity contribution in [3.05, 3.63) is 48.0 Å². The minimum Gasteiger partial charge on any atom is -0.453 e. The van der Waals surface area contributed by atoms with Crippen molar-refractivity contribution in [1.82, 2.24) is 0 Å². The Morgan fingerprint density at radius 2 is 1.60 bits per heavy atom. The van der Waals surface area contributed by atoms with Crippen LogP contribution in [0.2, 0.25) is 0 Å². The summed E-state index contributed by atoms with van der Waals surface area (Å²) in [6, 6.07) is 13.5. The number of ketones is 1. The summed E-state index contributed by atoms with van der Waals surface area (Å²) in [5.74, 6) is 1.81. The number of benzene rings is 2. The fraction of sp³-hybridized carbons (Fsp3) is 0.409. The Balaban J connectivity index is 1.51. The van der Waals surface area contributed by atoms with Crippen LogP contribution in [-0.4, -0.2) is 5.78 Å². The molecule has 0 saturated carbocycles. The average molecular weight is 337 g/mol. The number of carbonyl (C=O) groups excluding carboxylic acids is 1. The number of fused-ring (bicyclic) bond motifs is 2. The Morgan fingerprint density at radius 1 is 0.880 bits per heavy atom. The van der Waals surface area contributed by atoms with Crippen molar-refractivity contribution in [2.75, 3.05) is 5.32 Å². The number of nitrogens with one attached hydrogen (secondary N) is 1. The van der Waals surface area contributed by atoms with E-state index >= 15 is 0 Å². The van der Waals surface area contributed by atoms with E-state index in [-0.39, 0.29) is 5.78 Å². The molecule has 3 nitrogen and oxygen atoms in total. The van der Waals surface area contributed by atoms with Gasteiger partial charge in [-0.05, 0) is 36.8 Å². The van der Waals surface area contributed by atoms with E-state index < -0.39 is 0 Å². The summed E-state index contributed by atoms with van der Waals surface area (Å²) in [7, 11) is 0. The molecule has 0 amide bonds. The van der Waals surface area contributed by atoms with Gasteiger partial charge in [0.1, 0.15) is 0 Å². The molecule has 2 aromatic rings. The summed E-state index contributed by atoms with van der Waals surface area (Å²) in [5, 5.41) is 3.35. The third-order valence-corrected chi connectivity index (χ3v) is 4.69. The summed E-state index contributed by atoms with van der Waals surface area (Å²) < 4.78 is 5.88. The SMILES string of the molecule is CCCCCCCCCC(=O)c1ccc2c(c1)Nc1ccccc1O2. The molecule has 0 bridgehead atoms. The van der Waals surface area contributed by atoms with E-state index in [0.29, 0.717) is 6.42 Å². The van der Waals surface area contributed by atoms with E-state index in [1.807, 2.05) is 42.5 Å². The van der Waals surface area contributed by atoms with E-state index in [1.54, 1.807) is 0 Å². The number of hydrogen-bond acceptors (Lipinski definition) is 3. The molecule has 0 radical (unpaired) electrons. The topological polar surface area (TPSA) is 38.3 Å². The first-order chi connectivity index (χ1) is 12.3. The molecule has 1 aliphatic heterocycles. The third-order valence-electron chi connectivity index (χ3n) is 4.69. The highest BCUT2D eigenvalue weighted by molar-refractivity contribution is 5.97. The molecule has 0 aliphatic carbocycles. The van der Waals surface area contributed by atoms with Gasteiger partial charge in [0, 0.05) is 12.0 Å². The summed E-state index contributed by atoms with van der Waals surface area (Å²) in [6.45, 7) is 2.23. The van der Waals surface area contributed by atoms with Crippen molar-refractivity contribution in [2.45, 2.75) is 58.3 Å². The van der Waals surface area contributed by atoms with E-state index in [1.165, 1.54) is 32.1 Å². The molecule has 1 N–H and O–H groups in total. The van der Waals surface area contributed by atoms with E-state index in [0.717, 1.165) is 41.3 Å². The maximum atomic E-state index is 12.4. The van der Waals surface area contributed by atoms with Crippen LogP contribution in [0.3, 0.4) is 0 Å². The number of ether oxygens (including phenoxy) is 1. The molecule has 0 fully saturated rings. The summed E-state index contributed by atoms with van der Waals surface area (Å²) in [5.41, 5.74) is 2.57. The van der Waals surface area contributed by atoms with Crippen molar-refractivity contribution in [1.29, 1.82) is 0 Å². The number of anilines is 2. The Hall–Kier alpha value is -2.29. The molecule has 0 unspecified atom stereocenters. The lowest BCUT2D eigenvalue weighted by Crippen LogP contribution is -2.05. The number of unbranched alkanes of at least 4 members (excludes halogenated alkanes) is 6. The number of hydrogen-bond donors (Lipinski definition) is 1. The number of Topliss-reactive ketones (excluding diaryl/α,β-unsaturated/α-hetero) is 1. The highest BCUT2D eigenvalue weighted by Gasteiger charge is 2.17. The third kappa shape index (κ3) is 4.62. The normalized spacial score (nSPS) is 11.9. The number of carbonyl (C=O) groups is 1. The first-order valence-corrected chi connectivity index (χ1v) is 9.49. The monoisotopic (exact) mass is 337 g/mol. The molecule has 1 aliphatic rings. The Labute approximate surface area is 150 Å². The fourth-order valence-electron chi connectivity index (χ4n) is 3.20. The summed E-state index contributed by atoms with van der Waals surface area (Å²) >= 11 is 0. The van der Waals surface area contributed by atoms with Gasteiger partial charge in [0.15, 0.2) is 17.3 Å². The van der Waals surface area contributed by atoms with E-state index in [2.05, 4.69) is 12.2 Å². The van der Waals surface area contributed by atoms with Crippen LogP contribution in [0.15, 0.2) is 42.5 Å². The predicted molar refractivity (Wildman–Crippen MR) is 103 cm³/mol. The number of rotatable bonds is 9. The minimum atomic E-state index is 0.219. The molecule has 0 atom stereocenters. The summed E-state index contributed by atoms with van der Waals surface area (Å²) in [6.07, 6.45) is 9.22. The van der Waals surface area contributed by atoms with Gasteiger partial charge in [0.05, 0.1) is 11.4 Å². The standard InChI is InChI=1S/C22H27NO2/c1-2-3-4-5-6-7-8-12-20(24)17-14-15-22-19(16-17)23-18-11-9-10-13-21(18)25-22/h9-11,13-16,23H,2-8,12H2,1H3. The first-order valence-electron chi connectivity index (χ1n) is 9.49. The van der Waals surface area contributed by atoms with Crippen LogP contribution >= 0.6 is 0 Å². The van der Waals surface area contributed by atoms with Crippen molar-refractivity contribution in [3.63, 3.8) is 0 Å². The van der Waals surface area contributed by atoms with Gasteiger partial charge >= 0.3 is 0 Å². The predicted octanol–water partition coefficient (Wildman–Crippen LogP) is 6.86. The van der Waals surface area contributed by atoms with Gasteiger partial charge in [-0.2, -0.15) is 0 Å². The van der Waals surface area contributed by atoms with Crippen molar-refractivity contribution in [2.24, 2.45) is 0 Å². The molecular formula is C22H27NO2. The molecule has 0 spiro atoms. The van der Waals surface area contributed by atoms with E-state index in [4.69, 9.17) is 4.74 Å². The van der Waals surface area contributed by atoms with Crippen LogP contribution in [0.5, 0.6) is 11.5 Å². The maximum absolute atomic E-state index is 12.4. The molecular weight excluding hydrogens is 310 g/mol. The van der Waals surface area contributed by atoms with Crippen LogP contribution in [0.4, 0.5) is 11.4 Å². The van der Waals surface area contributed by atoms with Gasteiger partial charge in [0.2, 0.25) is 0 Å². The van der Waals surface area contributed by atoms with Crippen LogP contribution in [-0.2, 0) is 0 Å². The zero-order chi connectivity index (χ0) is 17.5. The van der Waals surface area contributed by atoms with Gasteiger partial charge in [-0.1, -0.05) is 57.6 Å². The molecule has 1 heterocycles. The lowest BCUT2D eigenvalue weighted by molar-refractivity contribution is 0.0979. The molecule has 3 rings (SSSR count). The maximum Gasteiger partial charge on any atom is 0.162 e. The summed E-state index contributed by atoms with van der Waals surface area (Å²) in [4.78, 5) is 12.4. The van der Waals surface area contributed by atoms with Crippen LogP contribution in [0, 0.1) is 0 Å². The molecule has 25 heavy (non-hydrogen) atoms. The zero-order valence-corrected chi connectivity index (χ0v) is 15.0. The van der Waals surface area contributed by atoms with Crippen LogP contribution < -0.4 is 10.1 Å². The molecule has 3 heteroatoms. The molecule has 2 aromatic carbocycles. The molecule has 0 aromatic heterocycles. The lowest BCUT2D eigenvalue weighted by Gasteiger charge is -2.22. The quantitative estimate of drug-likeness (QED) is 0.342. The Morgan fingerprint density at radius 3 is 2.44 bits per heavy atom.